The van der Waals surface area contributed by atoms with Gasteiger partial charge in [0.2, 0.25) is 0 Å². The number of amides is 1. The summed E-state index contributed by atoms with van der Waals surface area (Å²) in [6, 6.07) is 0.437. The zero-order valence-electron chi connectivity index (χ0n) is 15.2. The fourth-order valence-electron chi connectivity index (χ4n) is 2.47. The van der Waals surface area contributed by atoms with Crippen molar-refractivity contribution in [3.05, 3.63) is 0 Å². The van der Waals surface area contributed by atoms with Gasteiger partial charge < -0.3 is 25.0 Å². The zero-order chi connectivity index (χ0) is 17.8. The van der Waals surface area contributed by atoms with Gasteiger partial charge in [-0.15, -0.1) is 0 Å². The maximum Gasteiger partial charge on any atom is 0.410 e. The number of likely N-dealkylation sites (tertiary alicyclic amines) is 1. The molecule has 2 N–H and O–H groups in total. The number of likely N-dealkylation sites (N-methyl/N-ethyl adjacent to an activating group) is 1. The number of hydrogen-bond donors (Lipinski definition) is 2. The number of rotatable bonds is 7. The lowest BCUT2D eigenvalue weighted by Crippen LogP contribution is -2.71. The second-order valence-corrected chi connectivity index (χ2v) is 7.69. The van der Waals surface area contributed by atoms with Gasteiger partial charge in [0, 0.05) is 32.2 Å². The first-order valence-corrected chi connectivity index (χ1v) is 8.09. The average molecular weight is 329 g/mol. The molecule has 7 heteroatoms. The van der Waals surface area contributed by atoms with E-state index in [4.69, 9.17) is 9.84 Å². The van der Waals surface area contributed by atoms with Crippen LogP contribution in [0, 0.1) is 0 Å². The molecule has 7 nitrogen and oxygen atoms in total. The van der Waals surface area contributed by atoms with Crippen LogP contribution in [0.25, 0.3) is 0 Å². The molecule has 0 bridgehead atoms. The van der Waals surface area contributed by atoms with E-state index in [0.717, 1.165) is 6.54 Å². The lowest BCUT2D eigenvalue weighted by atomic mass is 9.86. The van der Waals surface area contributed by atoms with Gasteiger partial charge in [-0.1, -0.05) is 0 Å². The monoisotopic (exact) mass is 329 g/mol. The van der Waals surface area contributed by atoms with E-state index in [1.54, 1.807) is 4.90 Å². The minimum Gasteiger partial charge on any atom is -0.481 e. The Morgan fingerprint density at radius 3 is 2.35 bits per heavy atom. The highest BCUT2D eigenvalue weighted by atomic mass is 16.6. The maximum atomic E-state index is 12.0. The fourth-order valence-corrected chi connectivity index (χ4v) is 2.47. The molecule has 1 aliphatic rings. The van der Waals surface area contributed by atoms with Crippen molar-refractivity contribution in [1.29, 1.82) is 0 Å². The van der Waals surface area contributed by atoms with E-state index in [1.807, 2.05) is 27.8 Å². The predicted octanol–water partition coefficient (Wildman–Crippen LogP) is 1.38. The molecule has 23 heavy (non-hydrogen) atoms. The third-order valence-corrected chi connectivity index (χ3v) is 3.97. The quantitative estimate of drug-likeness (QED) is 0.734. The molecule has 134 valence electrons. The number of carbonyl (C=O) groups is 2. The van der Waals surface area contributed by atoms with Crippen LogP contribution in [-0.2, 0) is 9.53 Å². The molecule has 0 unspecified atom stereocenters. The first-order chi connectivity index (χ1) is 10.4. The molecule has 0 aromatic rings. The summed E-state index contributed by atoms with van der Waals surface area (Å²) in [5.74, 6) is -0.862. The molecule has 0 aromatic carbocycles. The van der Waals surface area contributed by atoms with Crippen LogP contribution in [0.4, 0.5) is 4.79 Å². The van der Waals surface area contributed by atoms with Crippen molar-refractivity contribution in [2.75, 3.05) is 33.2 Å². The molecule has 0 saturated carbocycles. The molecule has 0 aromatic heterocycles. The van der Waals surface area contributed by atoms with Crippen molar-refractivity contribution < 1.29 is 19.4 Å². The number of nitrogens with one attached hydrogen (secondary N) is 1. The highest BCUT2D eigenvalue weighted by Crippen LogP contribution is 2.26. The Morgan fingerprint density at radius 1 is 1.35 bits per heavy atom. The summed E-state index contributed by atoms with van der Waals surface area (Å²) < 4.78 is 5.32. The minimum absolute atomic E-state index is 0.00229. The van der Waals surface area contributed by atoms with Crippen LogP contribution in [0.2, 0.25) is 0 Å². The third kappa shape index (κ3) is 6.35. The standard InChI is InChI=1S/C16H31N3O4/c1-12(2)18(6)8-7-17-16(9-13(20)21)10-19(11-16)14(22)23-15(3,4)5/h12,17H,7-11H2,1-6H3,(H,20,21). The molecule has 1 rings (SSSR count). The van der Waals surface area contributed by atoms with Crippen LogP contribution in [0.15, 0.2) is 0 Å². The van der Waals surface area contributed by atoms with E-state index < -0.39 is 17.1 Å². The van der Waals surface area contributed by atoms with Crippen molar-refractivity contribution in [3.63, 3.8) is 0 Å². The van der Waals surface area contributed by atoms with E-state index in [2.05, 4.69) is 24.1 Å². The number of aliphatic carboxylic acids is 1. The lowest BCUT2D eigenvalue weighted by molar-refractivity contribution is -0.141. The van der Waals surface area contributed by atoms with Gasteiger partial charge >= 0.3 is 12.1 Å². The Kier molecular flexibility index (Phi) is 6.41. The molecular weight excluding hydrogens is 298 g/mol. The van der Waals surface area contributed by atoms with Crippen LogP contribution in [0.1, 0.15) is 41.0 Å². The second kappa shape index (κ2) is 7.49. The van der Waals surface area contributed by atoms with Crippen molar-refractivity contribution >= 4 is 12.1 Å². The molecule has 0 atom stereocenters. The first kappa shape index (κ1) is 19.7. The van der Waals surface area contributed by atoms with Gasteiger partial charge in [0.25, 0.3) is 0 Å². The molecule has 1 heterocycles. The Labute approximate surface area is 139 Å². The Hall–Kier alpha value is -1.34. The average Bonchev–Trinajstić information content (AvgIpc) is 2.31. The molecule has 0 aliphatic carbocycles. The zero-order valence-corrected chi connectivity index (χ0v) is 15.2. The summed E-state index contributed by atoms with van der Waals surface area (Å²) >= 11 is 0. The molecule has 1 aliphatic heterocycles. The highest BCUT2D eigenvalue weighted by molar-refractivity contribution is 5.73. The van der Waals surface area contributed by atoms with Gasteiger partial charge in [-0.3, -0.25) is 4.79 Å². The third-order valence-electron chi connectivity index (χ3n) is 3.97. The van der Waals surface area contributed by atoms with Gasteiger partial charge in [-0.05, 0) is 41.7 Å². The molecule has 1 amide bonds. The molecule has 1 saturated heterocycles. The lowest BCUT2D eigenvalue weighted by Gasteiger charge is -2.50. The van der Waals surface area contributed by atoms with Crippen LogP contribution in [0.3, 0.4) is 0 Å². The van der Waals surface area contributed by atoms with Crippen LogP contribution >= 0.6 is 0 Å². The number of carbonyl (C=O) groups excluding carboxylic acids is 1. The van der Waals surface area contributed by atoms with Gasteiger partial charge in [0.1, 0.15) is 5.60 Å². The van der Waals surface area contributed by atoms with Crippen molar-refractivity contribution in [3.8, 4) is 0 Å². The van der Waals surface area contributed by atoms with E-state index in [1.165, 1.54) is 0 Å². The largest absolute Gasteiger partial charge is 0.481 e. The summed E-state index contributed by atoms with van der Waals surface area (Å²) in [6.07, 6.45) is -0.392. The van der Waals surface area contributed by atoms with Crippen molar-refractivity contribution in [1.82, 2.24) is 15.1 Å². The second-order valence-electron chi connectivity index (χ2n) is 7.69. The maximum absolute atomic E-state index is 12.0. The van der Waals surface area contributed by atoms with Gasteiger partial charge in [-0.2, -0.15) is 0 Å². The van der Waals surface area contributed by atoms with Crippen molar-refractivity contribution in [2.45, 2.75) is 58.2 Å². The first-order valence-electron chi connectivity index (χ1n) is 8.09. The normalized spacial score (nSPS) is 17.3. The highest BCUT2D eigenvalue weighted by Gasteiger charge is 2.47. The summed E-state index contributed by atoms with van der Waals surface area (Å²) in [6.45, 7) is 11.9. The van der Waals surface area contributed by atoms with E-state index in [-0.39, 0.29) is 12.5 Å². The van der Waals surface area contributed by atoms with Gasteiger partial charge in [0.05, 0.1) is 12.0 Å². The van der Waals surface area contributed by atoms with Crippen LogP contribution < -0.4 is 5.32 Å². The van der Waals surface area contributed by atoms with E-state index in [9.17, 15) is 9.59 Å². The predicted molar refractivity (Wildman–Crippen MR) is 88.6 cm³/mol. The van der Waals surface area contributed by atoms with Crippen molar-refractivity contribution in [2.24, 2.45) is 0 Å². The van der Waals surface area contributed by atoms with Crippen LogP contribution in [-0.4, -0.2) is 77.4 Å². The van der Waals surface area contributed by atoms with E-state index in [0.29, 0.717) is 25.7 Å². The summed E-state index contributed by atoms with van der Waals surface area (Å²) in [5, 5.41) is 12.5. The SMILES string of the molecule is CC(C)N(C)CCNC1(CC(=O)O)CN(C(=O)OC(C)(C)C)C1. The summed E-state index contributed by atoms with van der Waals surface area (Å²) in [4.78, 5) is 26.9. The smallest absolute Gasteiger partial charge is 0.410 e. The van der Waals surface area contributed by atoms with Gasteiger partial charge in [0.15, 0.2) is 0 Å². The Balaban J connectivity index is 2.53. The van der Waals surface area contributed by atoms with Crippen LogP contribution in [0.5, 0.6) is 0 Å². The minimum atomic E-state index is -0.862. The number of hydrogen-bond acceptors (Lipinski definition) is 5. The Bertz CT molecular complexity index is 426. The summed E-state index contributed by atoms with van der Waals surface area (Å²) in [7, 11) is 2.03. The number of carboxylic acids is 1. The topological polar surface area (TPSA) is 82.1 Å². The molecular formula is C16H31N3O4. The molecule has 0 radical (unpaired) electrons. The Morgan fingerprint density at radius 2 is 1.91 bits per heavy atom. The number of carboxylic acid groups (broad SMARTS) is 1. The number of ether oxygens (including phenoxy) is 1. The number of nitrogens with zero attached hydrogens (tertiary/aromatic N) is 2. The summed E-state index contributed by atoms with van der Waals surface area (Å²) in [5.41, 5.74) is -1.10. The van der Waals surface area contributed by atoms with E-state index >= 15 is 0 Å². The molecule has 1 fully saturated rings. The fraction of sp³-hybridized carbons (Fsp3) is 0.875. The molecule has 0 spiro atoms. The van der Waals surface area contributed by atoms with Gasteiger partial charge in [-0.25, -0.2) is 4.79 Å².